The Hall–Kier alpha value is -1.51. The third-order valence-corrected chi connectivity index (χ3v) is 2.96. The fourth-order valence-corrected chi connectivity index (χ4v) is 1.85. The number of hydrogen-bond donors (Lipinski definition) is 1. The van der Waals surface area contributed by atoms with Gasteiger partial charge in [-0.25, -0.2) is 0 Å². The van der Waals surface area contributed by atoms with Crippen LogP contribution in [0.25, 0.3) is 0 Å². The monoisotopic (exact) mass is 248 g/mol. The third kappa shape index (κ3) is 4.40. The molecule has 0 radical (unpaired) electrons. The van der Waals surface area contributed by atoms with E-state index in [1.54, 1.807) is 19.0 Å². The van der Waals surface area contributed by atoms with Crippen LogP contribution >= 0.6 is 0 Å². The van der Waals surface area contributed by atoms with Crippen LogP contribution in [-0.2, 0) is 4.79 Å². The summed E-state index contributed by atoms with van der Waals surface area (Å²) in [4.78, 5) is 13.1. The molecule has 3 heteroatoms. The van der Waals surface area contributed by atoms with Gasteiger partial charge in [0.25, 0.3) is 0 Å². The molecule has 0 saturated heterocycles. The molecule has 1 aromatic carbocycles. The summed E-state index contributed by atoms with van der Waals surface area (Å²) in [6, 6.07) is 8.36. The lowest BCUT2D eigenvalue weighted by Crippen LogP contribution is -2.22. The molecule has 18 heavy (non-hydrogen) atoms. The minimum atomic E-state index is 0.189. The molecule has 1 amide bonds. The van der Waals surface area contributed by atoms with Crippen molar-refractivity contribution in [3.8, 4) is 0 Å². The summed E-state index contributed by atoms with van der Waals surface area (Å²) in [6.45, 7) is 5.22. The van der Waals surface area contributed by atoms with Crippen molar-refractivity contribution in [1.82, 2.24) is 4.90 Å². The van der Waals surface area contributed by atoms with Gasteiger partial charge in [0.2, 0.25) is 5.91 Å². The van der Waals surface area contributed by atoms with E-state index in [0.717, 1.165) is 13.0 Å². The van der Waals surface area contributed by atoms with E-state index < -0.39 is 0 Å². The standard InChI is InChI=1S/C15H24N2O/c1-12(2)13-8-5-6-9-14(13)16-11-7-10-15(18)17(3)4/h5-6,8-9,12,16H,7,10-11H2,1-4H3. The molecule has 0 spiro atoms. The summed E-state index contributed by atoms with van der Waals surface area (Å²) in [5.41, 5.74) is 2.52. The smallest absolute Gasteiger partial charge is 0.222 e. The minimum absolute atomic E-state index is 0.189. The highest BCUT2D eigenvalue weighted by atomic mass is 16.2. The first-order valence-electron chi connectivity index (χ1n) is 6.55. The second kappa shape index (κ2) is 7.04. The molecule has 100 valence electrons. The van der Waals surface area contributed by atoms with Gasteiger partial charge in [-0.1, -0.05) is 32.0 Å². The zero-order valence-corrected chi connectivity index (χ0v) is 11.9. The zero-order chi connectivity index (χ0) is 13.5. The van der Waals surface area contributed by atoms with Gasteiger partial charge in [-0.15, -0.1) is 0 Å². The molecule has 0 atom stereocenters. The first-order chi connectivity index (χ1) is 8.52. The maximum atomic E-state index is 11.4. The fraction of sp³-hybridized carbons (Fsp3) is 0.533. The number of para-hydroxylation sites is 1. The summed E-state index contributed by atoms with van der Waals surface area (Å²) < 4.78 is 0. The fourth-order valence-electron chi connectivity index (χ4n) is 1.85. The molecule has 1 aromatic rings. The van der Waals surface area contributed by atoms with Crippen molar-refractivity contribution in [1.29, 1.82) is 0 Å². The van der Waals surface area contributed by atoms with Gasteiger partial charge >= 0.3 is 0 Å². The van der Waals surface area contributed by atoms with Gasteiger partial charge in [0.1, 0.15) is 0 Å². The average Bonchev–Trinajstić information content (AvgIpc) is 2.34. The van der Waals surface area contributed by atoms with Crippen molar-refractivity contribution in [2.45, 2.75) is 32.6 Å². The van der Waals surface area contributed by atoms with Crippen molar-refractivity contribution in [2.75, 3.05) is 26.0 Å². The van der Waals surface area contributed by atoms with Crippen molar-refractivity contribution in [3.05, 3.63) is 29.8 Å². The summed E-state index contributed by atoms with van der Waals surface area (Å²) in [7, 11) is 3.59. The van der Waals surface area contributed by atoms with Gasteiger partial charge in [0, 0.05) is 32.7 Å². The average molecular weight is 248 g/mol. The number of carbonyl (C=O) groups excluding carboxylic acids is 1. The van der Waals surface area contributed by atoms with Gasteiger partial charge in [-0.2, -0.15) is 0 Å². The van der Waals surface area contributed by atoms with Crippen LogP contribution in [0.2, 0.25) is 0 Å². The lowest BCUT2D eigenvalue weighted by Gasteiger charge is -2.15. The summed E-state index contributed by atoms with van der Waals surface area (Å²) in [5, 5.41) is 3.42. The SMILES string of the molecule is CC(C)c1ccccc1NCCCC(=O)N(C)C. The third-order valence-electron chi connectivity index (χ3n) is 2.96. The molecule has 1 N–H and O–H groups in total. The highest BCUT2D eigenvalue weighted by molar-refractivity contribution is 5.75. The second-order valence-electron chi connectivity index (χ2n) is 5.06. The quantitative estimate of drug-likeness (QED) is 0.785. The Labute approximate surface area is 110 Å². The van der Waals surface area contributed by atoms with E-state index in [1.807, 2.05) is 6.07 Å². The molecule has 0 heterocycles. The predicted octanol–water partition coefficient (Wildman–Crippen LogP) is 3.09. The van der Waals surface area contributed by atoms with Crippen LogP contribution < -0.4 is 5.32 Å². The van der Waals surface area contributed by atoms with Gasteiger partial charge in [-0.05, 0) is 24.0 Å². The topological polar surface area (TPSA) is 32.3 Å². The lowest BCUT2D eigenvalue weighted by molar-refractivity contribution is -0.128. The summed E-state index contributed by atoms with van der Waals surface area (Å²) in [5.74, 6) is 0.700. The number of nitrogens with zero attached hydrogens (tertiary/aromatic N) is 1. The number of hydrogen-bond acceptors (Lipinski definition) is 2. The molecule has 0 bridgehead atoms. The molecule has 1 rings (SSSR count). The second-order valence-corrected chi connectivity index (χ2v) is 5.06. The largest absolute Gasteiger partial charge is 0.385 e. The van der Waals surface area contributed by atoms with E-state index in [4.69, 9.17) is 0 Å². The Bertz CT molecular complexity index is 386. The van der Waals surface area contributed by atoms with Crippen LogP contribution in [0, 0.1) is 0 Å². The zero-order valence-electron chi connectivity index (χ0n) is 11.9. The highest BCUT2D eigenvalue weighted by Crippen LogP contribution is 2.23. The van der Waals surface area contributed by atoms with Crippen molar-refractivity contribution in [2.24, 2.45) is 0 Å². The van der Waals surface area contributed by atoms with Crippen LogP contribution in [0.1, 0.15) is 38.2 Å². The molecule has 0 aromatic heterocycles. The van der Waals surface area contributed by atoms with Crippen LogP contribution in [0.4, 0.5) is 5.69 Å². The molecule has 0 aliphatic carbocycles. The van der Waals surface area contributed by atoms with Crippen LogP contribution in [0.15, 0.2) is 24.3 Å². The molecule has 0 aliphatic rings. The van der Waals surface area contributed by atoms with E-state index in [9.17, 15) is 4.79 Å². The number of anilines is 1. The molecular weight excluding hydrogens is 224 g/mol. The molecule has 0 unspecified atom stereocenters. The molecule has 0 aliphatic heterocycles. The van der Waals surface area contributed by atoms with Crippen molar-refractivity contribution < 1.29 is 4.79 Å². The maximum Gasteiger partial charge on any atom is 0.222 e. The molecular formula is C15H24N2O. The van der Waals surface area contributed by atoms with Gasteiger partial charge in [0.15, 0.2) is 0 Å². The predicted molar refractivity (Wildman–Crippen MR) is 76.9 cm³/mol. The number of nitrogens with one attached hydrogen (secondary N) is 1. The Morgan fingerprint density at radius 1 is 1.28 bits per heavy atom. The van der Waals surface area contributed by atoms with E-state index in [1.165, 1.54) is 11.3 Å². The Kier molecular flexibility index (Phi) is 5.69. The lowest BCUT2D eigenvalue weighted by atomic mass is 10.0. The van der Waals surface area contributed by atoms with E-state index >= 15 is 0 Å². The Balaban J connectivity index is 2.42. The maximum absolute atomic E-state index is 11.4. The van der Waals surface area contributed by atoms with E-state index in [0.29, 0.717) is 12.3 Å². The van der Waals surface area contributed by atoms with E-state index in [-0.39, 0.29) is 5.91 Å². The Morgan fingerprint density at radius 3 is 2.56 bits per heavy atom. The molecule has 0 fully saturated rings. The number of benzene rings is 1. The Morgan fingerprint density at radius 2 is 1.94 bits per heavy atom. The van der Waals surface area contributed by atoms with Gasteiger partial charge < -0.3 is 10.2 Å². The minimum Gasteiger partial charge on any atom is -0.385 e. The van der Waals surface area contributed by atoms with Crippen LogP contribution in [0.3, 0.4) is 0 Å². The first-order valence-corrected chi connectivity index (χ1v) is 6.55. The molecule has 3 nitrogen and oxygen atoms in total. The van der Waals surface area contributed by atoms with Crippen molar-refractivity contribution >= 4 is 11.6 Å². The van der Waals surface area contributed by atoms with Crippen LogP contribution in [0.5, 0.6) is 0 Å². The number of rotatable bonds is 6. The van der Waals surface area contributed by atoms with Crippen LogP contribution in [-0.4, -0.2) is 31.4 Å². The van der Waals surface area contributed by atoms with Gasteiger partial charge in [-0.3, -0.25) is 4.79 Å². The molecule has 0 saturated carbocycles. The highest BCUT2D eigenvalue weighted by Gasteiger charge is 2.06. The first kappa shape index (κ1) is 14.6. The number of carbonyl (C=O) groups is 1. The summed E-state index contributed by atoms with van der Waals surface area (Å²) >= 11 is 0. The van der Waals surface area contributed by atoms with E-state index in [2.05, 4.69) is 37.4 Å². The normalized spacial score (nSPS) is 10.5. The van der Waals surface area contributed by atoms with Crippen molar-refractivity contribution in [3.63, 3.8) is 0 Å². The number of amides is 1. The summed E-state index contributed by atoms with van der Waals surface area (Å²) in [6.07, 6.45) is 1.47. The van der Waals surface area contributed by atoms with Gasteiger partial charge in [0.05, 0.1) is 0 Å².